The normalized spacial score (nSPS) is 16.1. The number of benzene rings is 2. The van der Waals surface area contributed by atoms with Gasteiger partial charge in [0.05, 0.1) is 5.56 Å². The first-order chi connectivity index (χ1) is 16.8. The molecule has 1 aliphatic rings. The maximum Gasteiger partial charge on any atom is 0.134 e. The zero-order chi connectivity index (χ0) is 24.7. The summed E-state index contributed by atoms with van der Waals surface area (Å²) in [5, 5.41) is 12.0. The van der Waals surface area contributed by atoms with Gasteiger partial charge in [0.15, 0.2) is 0 Å². The number of aliphatic imine (C=N–C) groups is 1. The average molecular weight is 545 g/mol. The van der Waals surface area contributed by atoms with Crippen LogP contribution in [0.15, 0.2) is 58.0 Å². The van der Waals surface area contributed by atoms with E-state index >= 15 is 0 Å². The van der Waals surface area contributed by atoms with E-state index in [1.165, 1.54) is 32.6 Å². The van der Waals surface area contributed by atoms with Crippen LogP contribution in [0.4, 0.5) is 5.00 Å². The molecule has 5 heteroatoms. The Kier molecular flexibility index (Phi) is 6.46. The molecule has 2 heterocycles. The third kappa shape index (κ3) is 4.62. The first kappa shape index (κ1) is 24.0. The van der Waals surface area contributed by atoms with E-state index in [2.05, 4.69) is 103 Å². The lowest BCUT2D eigenvalue weighted by molar-refractivity contribution is 0.218. The lowest BCUT2D eigenvalue weighted by atomic mass is 9.72. The van der Waals surface area contributed by atoms with E-state index in [0.717, 1.165) is 46.4 Å². The van der Waals surface area contributed by atoms with Crippen molar-refractivity contribution in [2.75, 3.05) is 0 Å². The maximum absolute atomic E-state index is 9.98. The summed E-state index contributed by atoms with van der Waals surface area (Å²) < 4.78 is 3.45. The first-order valence-corrected chi connectivity index (χ1v) is 13.8. The van der Waals surface area contributed by atoms with Gasteiger partial charge in [0.1, 0.15) is 11.1 Å². The first-order valence-electron chi connectivity index (χ1n) is 12.2. The van der Waals surface area contributed by atoms with Crippen molar-refractivity contribution >= 4 is 49.4 Å². The Bertz CT molecular complexity index is 1460. The van der Waals surface area contributed by atoms with Crippen LogP contribution in [-0.4, -0.2) is 10.8 Å². The van der Waals surface area contributed by atoms with Crippen LogP contribution < -0.4 is 0 Å². The molecule has 35 heavy (non-hydrogen) atoms. The second-order valence-electron chi connectivity index (χ2n) is 10.6. The number of para-hydroxylation sites is 1. The number of hydrogen-bond acceptors (Lipinski definition) is 3. The standard InChI is InChI=1S/C30H30BrN3S/c1-19-26(23-7-5-6-8-27(23)34(19)18-20-9-12-22(31)13-10-20)17-33-29-25(16-32)24-14-11-21(30(2,3)4)15-28(24)35-29/h5-10,12-13,17,21H,11,14-15,18H2,1-4H3/t21-/m1/s1. The number of aromatic nitrogens is 1. The average Bonchev–Trinajstić information content (AvgIpc) is 3.32. The van der Waals surface area contributed by atoms with Gasteiger partial charge in [0, 0.05) is 44.3 Å². The maximum atomic E-state index is 9.98. The van der Waals surface area contributed by atoms with E-state index in [9.17, 15) is 5.26 Å². The molecule has 0 radical (unpaired) electrons. The van der Waals surface area contributed by atoms with E-state index in [0.29, 0.717) is 5.92 Å². The molecule has 0 bridgehead atoms. The molecule has 0 unspecified atom stereocenters. The van der Waals surface area contributed by atoms with Crippen LogP contribution in [0.25, 0.3) is 10.9 Å². The smallest absolute Gasteiger partial charge is 0.134 e. The van der Waals surface area contributed by atoms with Gasteiger partial charge in [-0.15, -0.1) is 11.3 Å². The van der Waals surface area contributed by atoms with Gasteiger partial charge >= 0.3 is 0 Å². The van der Waals surface area contributed by atoms with Gasteiger partial charge in [-0.3, -0.25) is 0 Å². The van der Waals surface area contributed by atoms with Crippen molar-refractivity contribution in [1.29, 1.82) is 5.26 Å². The molecular weight excluding hydrogens is 514 g/mol. The Balaban J connectivity index is 1.52. The Morgan fingerprint density at radius 3 is 2.63 bits per heavy atom. The highest BCUT2D eigenvalue weighted by Gasteiger charge is 2.32. The minimum atomic E-state index is 0.283. The van der Waals surface area contributed by atoms with Crippen LogP contribution in [0, 0.1) is 29.6 Å². The molecule has 0 aliphatic heterocycles. The second-order valence-corrected chi connectivity index (χ2v) is 12.6. The highest BCUT2D eigenvalue weighted by atomic mass is 79.9. The van der Waals surface area contributed by atoms with E-state index < -0.39 is 0 Å². The Morgan fingerprint density at radius 2 is 1.91 bits per heavy atom. The molecule has 0 spiro atoms. The molecule has 5 rings (SSSR count). The van der Waals surface area contributed by atoms with Crippen molar-refractivity contribution in [3.8, 4) is 6.07 Å². The molecule has 2 aromatic carbocycles. The third-order valence-electron chi connectivity index (χ3n) is 7.43. The van der Waals surface area contributed by atoms with Crippen LogP contribution in [-0.2, 0) is 19.4 Å². The molecule has 2 aromatic heterocycles. The van der Waals surface area contributed by atoms with Crippen LogP contribution in [0.3, 0.4) is 0 Å². The summed E-state index contributed by atoms with van der Waals surface area (Å²) in [6, 6.07) is 19.5. The van der Waals surface area contributed by atoms with Crippen molar-refractivity contribution in [2.45, 2.75) is 53.5 Å². The largest absolute Gasteiger partial charge is 0.340 e. The predicted octanol–water partition coefficient (Wildman–Crippen LogP) is 8.60. The monoisotopic (exact) mass is 543 g/mol. The molecule has 1 aliphatic carbocycles. The number of fused-ring (bicyclic) bond motifs is 2. The molecule has 0 N–H and O–H groups in total. The summed E-state index contributed by atoms with van der Waals surface area (Å²) in [7, 11) is 0. The SMILES string of the molecule is Cc1c(C=Nc2sc3c(c2C#N)CC[C@@H](C(C)(C)C)C3)c2ccccc2n1Cc1ccc(Br)cc1. The molecule has 0 amide bonds. The molecule has 178 valence electrons. The van der Waals surface area contributed by atoms with E-state index in [4.69, 9.17) is 4.99 Å². The molecular formula is C30H30BrN3S. The predicted molar refractivity (Wildman–Crippen MR) is 151 cm³/mol. The number of rotatable bonds is 4. The van der Waals surface area contributed by atoms with E-state index in [-0.39, 0.29) is 5.41 Å². The fourth-order valence-electron chi connectivity index (χ4n) is 5.24. The van der Waals surface area contributed by atoms with Crippen LogP contribution in [0.2, 0.25) is 0 Å². The van der Waals surface area contributed by atoms with Crippen molar-refractivity contribution < 1.29 is 0 Å². The van der Waals surface area contributed by atoms with Gasteiger partial charge in [0.2, 0.25) is 0 Å². The van der Waals surface area contributed by atoms with E-state index in [1.807, 2.05) is 6.21 Å². The quantitative estimate of drug-likeness (QED) is 0.237. The Hall–Kier alpha value is -2.68. The molecule has 4 aromatic rings. The second kappa shape index (κ2) is 9.41. The highest BCUT2D eigenvalue weighted by Crippen LogP contribution is 2.45. The number of thiophene rings is 1. The van der Waals surface area contributed by atoms with Crippen molar-refractivity contribution in [3.05, 3.63) is 85.8 Å². The molecule has 3 nitrogen and oxygen atoms in total. The summed E-state index contributed by atoms with van der Waals surface area (Å²) in [6.07, 6.45) is 5.17. The number of hydrogen-bond donors (Lipinski definition) is 0. The van der Waals surface area contributed by atoms with Crippen LogP contribution >= 0.6 is 27.3 Å². The fraction of sp³-hybridized carbons (Fsp3) is 0.333. The number of nitrogens with zero attached hydrogens (tertiary/aromatic N) is 3. The van der Waals surface area contributed by atoms with Gasteiger partial charge in [-0.05, 0) is 66.8 Å². The van der Waals surface area contributed by atoms with Crippen LogP contribution in [0.5, 0.6) is 0 Å². The lowest BCUT2D eigenvalue weighted by Gasteiger charge is -2.33. The zero-order valence-electron chi connectivity index (χ0n) is 20.7. The lowest BCUT2D eigenvalue weighted by Crippen LogP contribution is -2.26. The highest BCUT2D eigenvalue weighted by molar-refractivity contribution is 9.10. The minimum absolute atomic E-state index is 0.283. The summed E-state index contributed by atoms with van der Waals surface area (Å²) in [4.78, 5) is 6.29. The molecule has 0 fully saturated rings. The van der Waals surface area contributed by atoms with Crippen molar-refractivity contribution in [1.82, 2.24) is 4.57 Å². The minimum Gasteiger partial charge on any atom is -0.340 e. The van der Waals surface area contributed by atoms with Gasteiger partial charge in [-0.25, -0.2) is 4.99 Å². The van der Waals surface area contributed by atoms with Gasteiger partial charge < -0.3 is 4.57 Å². The number of halogens is 1. The summed E-state index contributed by atoms with van der Waals surface area (Å²) in [5.74, 6) is 0.649. The molecule has 0 saturated carbocycles. The van der Waals surface area contributed by atoms with Crippen molar-refractivity contribution in [2.24, 2.45) is 16.3 Å². The Morgan fingerprint density at radius 1 is 1.17 bits per heavy atom. The van der Waals surface area contributed by atoms with Gasteiger partial charge in [-0.1, -0.05) is 67.0 Å². The summed E-state index contributed by atoms with van der Waals surface area (Å²) in [6.45, 7) is 9.95. The zero-order valence-corrected chi connectivity index (χ0v) is 23.1. The fourth-order valence-corrected chi connectivity index (χ4v) is 6.72. The summed E-state index contributed by atoms with van der Waals surface area (Å²) in [5.41, 5.74) is 7.07. The summed E-state index contributed by atoms with van der Waals surface area (Å²) >= 11 is 5.25. The van der Waals surface area contributed by atoms with Gasteiger partial charge in [0.25, 0.3) is 0 Å². The Labute approximate surface area is 220 Å². The third-order valence-corrected chi connectivity index (χ3v) is 9.12. The topological polar surface area (TPSA) is 41.1 Å². The van der Waals surface area contributed by atoms with Gasteiger partial charge in [-0.2, -0.15) is 5.26 Å². The molecule has 1 atom stereocenters. The number of nitriles is 1. The van der Waals surface area contributed by atoms with Crippen molar-refractivity contribution in [3.63, 3.8) is 0 Å². The molecule has 0 saturated heterocycles. The van der Waals surface area contributed by atoms with E-state index in [1.54, 1.807) is 11.3 Å². The van der Waals surface area contributed by atoms with Crippen LogP contribution in [0.1, 0.15) is 60.0 Å².